The second-order valence-electron chi connectivity index (χ2n) is 3.36. The lowest BCUT2D eigenvalue weighted by Crippen LogP contribution is -2.20. The van der Waals surface area contributed by atoms with Crippen LogP contribution < -0.4 is 5.32 Å². The fourth-order valence-corrected chi connectivity index (χ4v) is 1.32. The summed E-state index contributed by atoms with van der Waals surface area (Å²) in [6, 6.07) is 1.78. The van der Waals surface area contributed by atoms with E-state index in [0.29, 0.717) is 18.1 Å². The van der Waals surface area contributed by atoms with Crippen molar-refractivity contribution in [3.05, 3.63) is 28.5 Å². The molecule has 0 aliphatic carbocycles. The number of hydrogen-bond acceptors (Lipinski definition) is 2. The molecule has 0 radical (unpaired) electrons. The zero-order valence-corrected chi connectivity index (χ0v) is 10.1. The maximum atomic E-state index is 10.6. The highest BCUT2D eigenvalue weighted by Crippen LogP contribution is 2.10. The number of nitrogens with one attached hydrogen (secondary N) is 1. The molecule has 0 saturated carbocycles. The number of nitrogens with zero attached hydrogens (tertiary/aromatic N) is 1. The molecule has 0 aliphatic rings. The van der Waals surface area contributed by atoms with Crippen LogP contribution in [0.1, 0.15) is 24.5 Å². The quantitative estimate of drug-likeness (QED) is 0.484. The first-order chi connectivity index (χ1) is 7.59. The number of amides is 1. The van der Waals surface area contributed by atoms with Gasteiger partial charge in [0.25, 0.3) is 0 Å². The molecule has 0 unspecified atom stereocenters. The Balaban J connectivity index is 2.53. The standard InChI is InChI=1S/C12H13ClN2O/c1-9-7-12(13)15-8-11(9)5-3-4-6-14-10(2)16/h7-8H,4,6H2,1-2H3,(H,14,16). The Morgan fingerprint density at radius 1 is 1.62 bits per heavy atom. The Kier molecular flexibility index (Phi) is 4.81. The Labute approximate surface area is 100 Å². The zero-order valence-electron chi connectivity index (χ0n) is 9.30. The van der Waals surface area contributed by atoms with Crippen LogP contribution in [0.2, 0.25) is 5.15 Å². The second kappa shape index (κ2) is 6.14. The summed E-state index contributed by atoms with van der Waals surface area (Å²) in [6.07, 6.45) is 2.28. The van der Waals surface area contributed by atoms with Crippen molar-refractivity contribution in [1.29, 1.82) is 0 Å². The molecule has 0 spiro atoms. The van der Waals surface area contributed by atoms with Gasteiger partial charge in [0.15, 0.2) is 0 Å². The van der Waals surface area contributed by atoms with Gasteiger partial charge in [0.2, 0.25) is 5.91 Å². The molecule has 1 aromatic heterocycles. The number of halogens is 1. The fraction of sp³-hybridized carbons (Fsp3) is 0.333. The predicted octanol–water partition coefficient (Wildman–Crippen LogP) is 1.92. The van der Waals surface area contributed by atoms with E-state index in [-0.39, 0.29) is 5.91 Å². The Morgan fingerprint density at radius 2 is 2.38 bits per heavy atom. The number of hydrogen-bond donors (Lipinski definition) is 1. The number of carbonyl (C=O) groups excluding carboxylic acids is 1. The molecule has 0 fully saturated rings. The Hall–Kier alpha value is -1.53. The molecule has 16 heavy (non-hydrogen) atoms. The van der Waals surface area contributed by atoms with Crippen LogP contribution >= 0.6 is 11.6 Å². The molecule has 1 N–H and O–H groups in total. The average molecular weight is 237 g/mol. The van der Waals surface area contributed by atoms with Gasteiger partial charge >= 0.3 is 0 Å². The predicted molar refractivity (Wildman–Crippen MR) is 64.2 cm³/mol. The van der Waals surface area contributed by atoms with Crippen LogP contribution in [0.3, 0.4) is 0 Å². The molecular weight excluding hydrogens is 224 g/mol. The van der Waals surface area contributed by atoms with E-state index < -0.39 is 0 Å². The topological polar surface area (TPSA) is 42.0 Å². The Morgan fingerprint density at radius 3 is 3.00 bits per heavy atom. The number of aryl methyl sites for hydroxylation is 1. The molecule has 84 valence electrons. The fourth-order valence-electron chi connectivity index (χ4n) is 1.11. The van der Waals surface area contributed by atoms with Crippen molar-refractivity contribution in [2.75, 3.05) is 6.54 Å². The first-order valence-electron chi connectivity index (χ1n) is 4.95. The van der Waals surface area contributed by atoms with Crippen LogP contribution in [0.4, 0.5) is 0 Å². The molecule has 1 aromatic rings. The minimum atomic E-state index is -0.0360. The summed E-state index contributed by atoms with van der Waals surface area (Å²) < 4.78 is 0. The first kappa shape index (κ1) is 12.5. The van der Waals surface area contributed by atoms with Crippen LogP contribution in [0, 0.1) is 18.8 Å². The summed E-state index contributed by atoms with van der Waals surface area (Å²) in [5.41, 5.74) is 1.87. The van der Waals surface area contributed by atoms with Crippen molar-refractivity contribution < 1.29 is 4.79 Å². The van der Waals surface area contributed by atoms with E-state index >= 15 is 0 Å². The van der Waals surface area contributed by atoms with Crippen molar-refractivity contribution in [2.45, 2.75) is 20.3 Å². The van der Waals surface area contributed by atoms with Crippen LogP contribution in [0.25, 0.3) is 0 Å². The van der Waals surface area contributed by atoms with Gasteiger partial charge in [-0.05, 0) is 18.6 Å². The molecule has 4 heteroatoms. The van der Waals surface area contributed by atoms with Crippen LogP contribution in [0.5, 0.6) is 0 Å². The van der Waals surface area contributed by atoms with Gasteiger partial charge in [-0.15, -0.1) is 0 Å². The summed E-state index contributed by atoms with van der Waals surface area (Å²) in [6.45, 7) is 3.99. The maximum absolute atomic E-state index is 10.6. The monoisotopic (exact) mass is 236 g/mol. The SMILES string of the molecule is CC(=O)NCCC#Cc1cnc(Cl)cc1C. The number of rotatable bonds is 2. The molecule has 1 heterocycles. The van der Waals surface area contributed by atoms with Crippen LogP contribution in [0.15, 0.2) is 12.3 Å². The highest BCUT2D eigenvalue weighted by Gasteiger charge is 1.96. The van der Waals surface area contributed by atoms with Crippen molar-refractivity contribution in [3.63, 3.8) is 0 Å². The zero-order chi connectivity index (χ0) is 12.0. The lowest BCUT2D eigenvalue weighted by atomic mass is 10.1. The average Bonchev–Trinajstić information content (AvgIpc) is 2.20. The molecule has 0 saturated heterocycles. The first-order valence-corrected chi connectivity index (χ1v) is 5.33. The molecule has 0 atom stereocenters. The molecule has 1 rings (SSSR count). The third-order valence-corrected chi connectivity index (χ3v) is 2.13. The van der Waals surface area contributed by atoms with Crippen molar-refractivity contribution in [1.82, 2.24) is 10.3 Å². The molecule has 0 aliphatic heterocycles. The van der Waals surface area contributed by atoms with Crippen molar-refractivity contribution in [3.8, 4) is 11.8 Å². The van der Waals surface area contributed by atoms with E-state index in [0.717, 1.165) is 11.1 Å². The van der Waals surface area contributed by atoms with Gasteiger partial charge in [0.05, 0.1) is 0 Å². The number of pyridine rings is 1. The number of carbonyl (C=O) groups is 1. The lowest BCUT2D eigenvalue weighted by Gasteiger charge is -1.97. The van der Waals surface area contributed by atoms with Gasteiger partial charge in [-0.3, -0.25) is 4.79 Å². The van der Waals surface area contributed by atoms with Gasteiger partial charge in [0.1, 0.15) is 5.15 Å². The summed E-state index contributed by atoms with van der Waals surface area (Å²) >= 11 is 5.73. The highest BCUT2D eigenvalue weighted by atomic mass is 35.5. The molecule has 1 amide bonds. The minimum absolute atomic E-state index is 0.0360. The summed E-state index contributed by atoms with van der Waals surface area (Å²) in [7, 11) is 0. The van der Waals surface area contributed by atoms with Gasteiger partial charge in [-0.25, -0.2) is 4.98 Å². The molecule has 3 nitrogen and oxygen atoms in total. The molecule has 0 bridgehead atoms. The van der Waals surface area contributed by atoms with E-state index in [1.165, 1.54) is 6.92 Å². The molecular formula is C12H13ClN2O. The van der Waals surface area contributed by atoms with E-state index in [9.17, 15) is 4.79 Å². The molecule has 0 aromatic carbocycles. The van der Waals surface area contributed by atoms with Crippen molar-refractivity contribution in [2.24, 2.45) is 0 Å². The minimum Gasteiger partial charge on any atom is -0.355 e. The largest absolute Gasteiger partial charge is 0.355 e. The van der Waals surface area contributed by atoms with Crippen LogP contribution in [-0.2, 0) is 4.79 Å². The third-order valence-electron chi connectivity index (χ3n) is 1.92. The van der Waals surface area contributed by atoms with E-state index in [1.807, 2.05) is 6.92 Å². The number of aromatic nitrogens is 1. The normalized spacial score (nSPS) is 9.19. The summed E-state index contributed by atoms with van der Waals surface area (Å²) in [5, 5.41) is 3.15. The Bertz CT molecular complexity index is 446. The smallest absolute Gasteiger partial charge is 0.216 e. The highest BCUT2D eigenvalue weighted by molar-refractivity contribution is 6.29. The van der Waals surface area contributed by atoms with E-state index in [2.05, 4.69) is 22.1 Å². The maximum Gasteiger partial charge on any atom is 0.216 e. The second-order valence-corrected chi connectivity index (χ2v) is 3.74. The van der Waals surface area contributed by atoms with Gasteiger partial charge in [-0.2, -0.15) is 0 Å². The van der Waals surface area contributed by atoms with Crippen LogP contribution in [-0.4, -0.2) is 17.4 Å². The van der Waals surface area contributed by atoms with Crippen molar-refractivity contribution >= 4 is 17.5 Å². The summed E-state index contributed by atoms with van der Waals surface area (Å²) in [5.74, 6) is 5.92. The van der Waals surface area contributed by atoms with Gasteiger partial charge in [-0.1, -0.05) is 23.4 Å². The van der Waals surface area contributed by atoms with E-state index in [1.54, 1.807) is 12.3 Å². The third kappa shape index (κ3) is 4.33. The van der Waals surface area contributed by atoms with Gasteiger partial charge in [0, 0.05) is 31.6 Å². The van der Waals surface area contributed by atoms with E-state index in [4.69, 9.17) is 11.6 Å². The lowest BCUT2D eigenvalue weighted by molar-refractivity contribution is -0.118. The van der Waals surface area contributed by atoms with Gasteiger partial charge < -0.3 is 5.32 Å². The summed E-state index contributed by atoms with van der Waals surface area (Å²) in [4.78, 5) is 14.5.